The van der Waals surface area contributed by atoms with Gasteiger partial charge in [-0.05, 0) is 38.0 Å². The highest BCUT2D eigenvalue weighted by atomic mass is 16.5. The summed E-state index contributed by atoms with van der Waals surface area (Å²) in [6, 6.07) is 0.777. The molecule has 0 radical (unpaired) electrons. The van der Waals surface area contributed by atoms with Crippen LogP contribution in [-0.4, -0.2) is 34.6 Å². The molecule has 2 rings (SSSR count). The molecule has 0 aromatic carbocycles. The van der Waals surface area contributed by atoms with Gasteiger partial charge in [-0.15, -0.1) is 0 Å². The summed E-state index contributed by atoms with van der Waals surface area (Å²) in [5.41, 5.74) is 0.462. The molecule has 0 amide bonds. The van der Waals surface area contributed by atoms with Gasteiger partial charge < -0.3 is 15.4 Å². The van der Waals surface area contributed by atoms with E-state index in [0.717, 1.165) is 19.4 Å². The summed E-state index contributed by atoms with van der Waals surface area (Å²) in [4.78, 5) is 12.8. The molecule has 0 saturated heterocycles. The predicted octanol–water partition coefficient (Wildman–Crippen LogP) is 2.69. The molecule has 20 heavy (non-hydrogen) atoms. The Morgan fingerprint density at radius 3 is 2.40 bits per heavy atom. The molecule has 6 heteroatoms. The van der Waals surface area contributed by atoms with Crippen molar-refractivity contribution in [2.45, 2.75) is 52.5 Å². The SMILES string of the molecule is CCNc1nc(NC2CCC(C)(C)CC2)nc(OC)n1. The number of aromatic nitrogens is 3. The molecule has 1 fully saturated rings. The predicted molar refractivity (Wildman–Crippen MR) is 80.2 cm³/mol. The van der Waals surface area contributed by atoms with Gasteiger partial charge in [0.25, 0.3) is 0 Å². The zero-order chi connectivity index (χ0) is 14.6. The average molecular weight is 279 g/mol. The van der Waals surface area contributed by atoms with Crippen molar-refractivity contribution in [3.8, 4) is 6.01 Å². The van der Waals surface area contributed by atoms with E-state index in [1.54, 1.807) is 7.11 Å². The number of nitrogens with zero attached hydrogens (tertiary/aromatic N) is 3. The monoisotopic (exact) mass is 279 g/mol. The van der Waals surface area contributed by atoms with Gasteiger partial charge in [-0.3, -0.25) is 0 Å². The number of rotatable bonds is 5. The van der Waals surface area contributed by atoms with Crippen LogP contribution in [0.4, 0.5) is 11.9 Å². The van der Waals surface area contributed by atoms with Crippen LogP contribution in [-0.2, 0) is 0 Å². The molecule has 1 aromatic rings. The molecule has 1 saturated carbocycles. The van der Waals surface area contributed by atoms with Crippen LogP contribution >= 0.6 is 0 Å². The van der Waals surface area contributed by atoms with Crippen LogP contribution in [0.15, 0.2) is 0 Å². The molecule has 0 atom stereocenters. The standard InChI is InChI=1S/C14H25N5O/c1-5-15-11-17-12(19-13(18-11)20-4)16-10-6-8-14(2,3)9-7-10/h10H,5-9H2,1-4H3,(H2,15,16,17,18,19). The van der Waals surface area contributed by atoms with Gasteiger partial charge in [0.05, 0.1) is 7.11 Å². The molecule has 0 spiro atoms. The Balaban J connectivity index is 2.03. The minimum Gasteiger partial charge on any atom is -0.467 e. The first-order valence-corrected chi connectivity index (χ1v) is 7.33. The largest absolute Gasteiger partial charge is 0.467 e. The highest BCUT2D eigenvalue weighted by molar-refractivity contribution is 5.36. The third kappa shape index (κ3) is 3.95. The van der Waals surface area contributed by atoms with E-state index in [9.17, 15) is 0 Å². The Bertz CT molecular complexity index is 439. The van der Waals surface area contributed by atoms with Crippen LogP contribution in [0, 0.1) is 5.41 Å². The second-order valence-corrected chi connectivity index (χ2v) is 6.08. The molecule has 1 aromatic heterocycles. The van der Waals surface area contributed by atoms with Crippen molar-refractivity contribution < 1.29 is 4.74 Å². The highest BCUT2D eigenvalue weighted by Gasteiger charge is 2.27. The van der Waals surface area contributed by atoms with Gasteiger partial charge in [0, 0.05) is 12.6 Å². The van der Waals surface area contributed by atoms with E-state index >= 15 is 0 Å². The second-order valence-electron chi connectivity index (χ2n) is 6.08. The van der Waals surface area contributed by atoms with Gasteiger partial charge in [0.2, 0.25) is 11.9 Å². The lowest BCUT2D eigenvalue weighted by atomic mass is 9.76. The minimum absolute atomic E-state index is 0.342. The van der Waals surface area contributed by atoms with E-state index in [2.05, 4.69) is 39.4 Å². The quantitative estimate of drug-likeness (QED) is 0.863. The maximum absolute atomic E-state index is 5.12. The molecular weight excluding hydrogens is 254 g/mol. The van der Waals surface area contributed by atoms with E-state index in [0.29, 0.717) is 29.4 Å². The Kier molecular flexibility index (Phi) is 4.62. The number of nitrogens with one attached hydrogen (secondary N) is 2. The Morgan fingerprint density at radius 2 is 1.80 bits per heavy atom. The lowest BCUT2D eigenvalue weighted by Gasteiger charge is -2.34. The molecule has 0 bridgehead atoms. The molecule has 1 heterocycles. The lowest BCUT2D eigenvalue weighted by Crippen LogP contribution is -2.30. The normalized spacial score (nSPS) is 18.6. The van der Waals surface area contributed by atoms with E-state index < -0.39 is 0 Å². The van der Waals surface area contributed by atoms with Crippen LogP contribution in [0.3, 0.4) is 0 Å². The Hall–Kier alpha value is -1.59. The maximum atomic E-state index is 5.12. The first-order chi connectivity index (χ1) is 9.52. The average Bonchev–Trinajstić information content (AvgIpc) is 2.41. The third-order valence-electron chi connectivity index (χ3n) is 3.80. The summed E-state index contributed by atoms with van der Waals surface area (Å²) >= 11 is 0. The fourth-order valence-electron chi connectivity index (χ4n) is 2.48. The first-order valence-electron chi connectivity index (χ1n) is 7.33. The van der Waals surface area contributed by atoms with Crippen molar-refractivity contribution in [1.29, 1.82) is 0 Å². The molecule has 1 aliphatic rings. The summed E-state index contributed by atoms with van der Waals surface area (Å²) in [6.45, 7) is 7.44. The summed E-state index contributed by atoms with van der Waals surface area (Å²) in [5.74, 6) is 1.15. The van der Waals surface area contributed by atoms with Gasteiger partial charge in [0.15, 0.2) is 0 Å². The van der Waals surface area contributed by atoms with Crippen molar-refractivity contribution in [3.63, 3.8) is 0 Å². The topological polar surface area (TPSA) is 72.0 Å². The molecular formula is C14H25N5O. The third-order valence-corrected chi connectivity index (χ3v) is 3.80. The minimum atomic E-state index is 0.342. The summed E-state index contributed by atoms with van der Waals surface area (Å²) in [5, 5.41) is 6.50. The molecule has 0 unspecified atom stereocenters. The summed E-state index contributed by atoms with van der Waals surface area (Å²) in [6.07, 6.45) is 4.76. The van der Waals surface area contributed by atoms with E-state index in [1.165, 1.54) is 12.8 Å². The first kappa shape index (κ1) is 14.8. The van der Waals surface area contributed by atoms with Crippen molar-refractivity contribution in [1.82, 2.24) is 15.0 Å². The van der Waals surface area contributed by atoms with Crippen LogP contribution in [0.25, 0.3) is 0 Å². The van der Waals surface area contributed by atoms with E-state index in [1.807, 2.05) is 6.92 Å². The molecule has 2 N–H and O–H groups in total. The maximum Gasteiger partial charge on any atom is 0.322 e. The highest BCUT2D eigenvalue weighted by Crippen LogP contribution is 2.35. The van der Waals surface area contributed by atoms with Gasteiger partial charge in [0.1, 0.15) is 0 Å². The van der Waals surface area contributed by atoms with Crippen molar-refractivity contribution in [3.05, 3.63) is 0 Å². The number of methoxy groups -OCH3 is 1. The smallest absolute Gasteiger partial charge is 0.322 e. The van der Waals surface area contributed by atoms with Gasteiger partial charge in [-0.1, -0.05) is 13.8 Å². The summed E-state index contributed by atoms with van der Waals surface area (Å²) < 4.78 is 5.12. The fourth-order valence-corrected chi connectivity index (χ4v) is 2.48. The van der Waals surface area contributed by atoms with Crippen molar-refractivity contribution >= 4 is 11.9 Å². The lowest BCUT2D eigenvalue weighted by molar-refractivity contribution is 0.232. The second kappa shape index (κ2) is 6.24. The molecule has 1 aliphatic carbocycles. The van der Waals surface area contributed by atoms with Crippen LogP contribution in [0.5, 0.6) is 6.01 Å². The van der Waals surface area contributed by atoms with Gasteiger partial charge in [-0.2, -0.15) is 15.0 Å². The van der Waals surface area contributed by atoms with E-state index in [-0.39, 0.29) is 0 Å². The molecule has 6 nitrogen and oxygen atoms in total. The van der Waals surface area contributed by atoms with Gasteiger partial charge >= 0.3 is 6.01 Å². The number of hydrogen-bond acceptors (Lipinski definition) is 6. The zero-order valence-electron chi connectivity index (χ0n) is 12.9. The van der Waals surface area contributed by atoms with Gasteiger partial charge in [-0.25, -0.2) is 0 Å². The number of hydrogen-bond donors (Lipinski definition) is 2. The zero-order valence-corrected chi connectivity index (χ0v) is 12.9. The number of ether oxygens (including phenoxy) is 1. The number of anilines is 2. The van der Waals surface area contributed by atoms with Crippen molar-refractivity contribution in [2.75, 3.05) is 24.3 Å². The van der Waals surface area contributed by atoms with Crippen LogP contribution in [0.2, 0.25) is 0 Å². The Labute approximate surface area is 120 Å². The molecule has 0 aliphatic heterocycles. The van der Waals surface area contributed by atoms with Crippen LogP contribution in [0.1, 0.15) is 46.5 Å². The van der Waals surface area contributed by atoms with Crippen molar-refractivity contribution in [2.24, 2.45) is 5.41 Å². The summed E-state index contributed by atoms with van der Waals surface area (Å²) in [7, 11) is 1.57. The van der Waals surface area contributed by atoms with Crippen LogP contribution < -0.4 is 15.4 Å². The fraction of sp³-hybridized carbons (Fsp3) is 0.786. The molecule has 112 valence electrons. The van der Waals surface area contributed by atoms with E-state index in [4.69, 9.17) is 4.74 Å². The Morgan fingerprint density at radius 1 is 1.15 bits per heavy atom.